The Balaban J connectivity index is 1.54. The Morgan fingerprint density at radius 3 is 2.57 bits per heavy atom. The summed E-state index contributed by atoms with van der Waals surface area (Å²) in [5.41, 5.74) is 1.71. The number of anilines is 1. The highest BCUT2D eigenvalue weighted by Crippen LogP contribution is 2.45. The lowest BCUT2D eigenvalue weighted by Gasteiger charge is -2.36. The molecule has 35 heavy (non-hydrogen) atoms. The number of H-pyrrole nitrogens is 1. The standard InChI is InChI=1S/C25H26F3N7/c1-34-9-6-15(7-10-34)35(2)24-21-18(14-3-4-14)12-29-13-19(21)31-23(33-24)16-5-8-30-22-17(16)11-20(32-22)25(26,27)28/h5,8,11-15H,3-4,6-7,9-10H2,1-2H3,(H,30,32). The minimum absolute atomic E-state index is 0.161. The fraction of sp³-hybridized carbons (Fsp3) is 0.440. The predicted octanol–water partition coefficient (Wildman–Crippen LogP) is 4.99. The lowest BCUT2D eigenvalue weighted by molar-refractivity contribution is -0.140. The van der Waals surface area contributed by atoms with Crippen LogP contribution in [-0.2, 0) is 6.18 Å². The van der Waals surface area contributed by atoms with Gasteiger partial charge in [-0.15, -0.1) is 0 Å². The molecule has 1 aliphatic heterocycles. The summed E-state index contributed by atoms with van der Waals surface area (Å²) in [6.45, 7) is 2.02. The molecule has 1 aliphatic carbocycles. The number of hydrogen-bond donors (Lipinski definition) is 1. The number of alkyl halides is 3. The number of pyridine rings is 2. The van der Waals surface area contributed by atoms with E-state index in [0.717, 1.165) is 61.6 Å². The molecule has 2 fully saturated rings. The minimum Gasteiger partial charge on any atom is -0.356 e. The number of piperidine rings is 1. The summed E-state index contributed by atoms with van der Waals surface area (Å²) >= 11 is 0. The van der Waals surface area contributed by atoms with E-state index >= 15 is 0 Å². The van der Waals surface area contributed by atoms with E-state index in [1.807, 2.05) is 6.20 Å². The van der Waals surface area contributed by atoms with Gasteiger partial charge in [0.15, 0.2) is 5.82 Å². The van der Waals surface area contributed by atoms with E-state index < -0.39 is 11.9 Å². The number of hydrogen-bond acceptors (Lipinski definition) is 6. The Morgan fingerprint density at radius 1 is 1.09 bits per heavy atom. The highest BCUT2D eigenvalue weighted by Gasteiger charge is 2.34. The average Bonchev–Trinajstić information content (AvgIpc) is 3.59. The van der Waals surface area contributed by atoms with Crippen LogP contribution in [0.25, 0.3) is 33.3 Å². The summed E-state index contributed by atoms with van der Waals surface area (Å²) in [4.78, 5) is 25.3. The Bertz CT molecular complexity index is 1400. The lowest BCUT2D eigenvalue weighted by Crippen LogP contribution is -2.42. The maximum Gasteiger partial charge on any atom is 0.431 e. The third-order valence-electron chi connectivity index (χ3n) is 7.28. The molecule has 6 rings (SSSR count). The summed E-state index contributed by atoms with van der Waals surface area (Å²) in [6, 6.07) is 3.08. The summed E-state index contributed by atoms with van der Waals surface area (Å²) in [6.07, 6.45) is 4.92. The smallest absolute Gasteiger partial charge is 0.356 e. The molecule has 10 heteroatoms. The van der Waals surface area contributed by atoms with Gasteiger partial charge in [0, 0.05) is 41.8 Å². The molecule has 4 aromatic rings. The van der Waals surface area contributed by atoms with Gasteiger partial charge in [-0.05, 0) is 69.4 Å². The molecule has 7 nitrogen and oxygen atoms in total. The number of fused-ring (bicyclic) bond motifs is 2. The number of likely N-dealkylation sites (tertiary alicyclic amines) is 1. The molecule has 0 spiro atoms. The third kappa shape index (κ3) is 3.99. The van der Waals surface area contributed by atoms with E-state index in [2.05, 4.69) is 38.8 Å². The molecule has 182 valence electrons. The van der Waals surface area contributed by atoms with Crippen LogP contribution in [0, 0.1) is 0 Å². The van der Waals surface area contributed by atoms with Gasteiger partial charge in [-0.1, -0.05) is 0 Å². The normalized spacial score (nSPS) is 18.0. The van der Waals surface area contributed by atoms with Crippen molar-refractivity contribution in [2.45, 2.75) is 43.8 Å². The number of rotatable bonds is 4. The maximum atomic E-state index is 13.4. The van der Waals surface area contributed by atoms with Gasteiger partial charge in [0.2, 0.25) is 0 Å². The first-order valence-corrected chi connectivity index (χ1v) is 11.9. The second-order valence-electron chi connectivity index (χ2n) is 9.71. The maximum absolute atomic E-state index is 13.4. The number of aromatic nitrogens is 5. The zero-order valence-corrected chi connectivity index (χ0v) is 19.6. The second-order valence-corrected chi connectivity index (χ2v) is 9.71. The van der Waals surface area contributed by atoms with Crippen LogP contribution in [0.5, 0.6) is 0 Å². The van der Waals surface area contributed by atoms with E-state index in [1.165, 1.54) is 6.20 Å². The van der Waals surface area contributed by atoms with Crippen molar-refractivity contribution in [3.8, 4) is 11.4 Å². The van der Waals surface area contributed by atoms with Crippen molar-refractivity contribution in [3.05, 3.63) is 42.0 Å². The zero-order valence-electron chi connectivity index (χ0n) is 19.6. The molecule has 5 heterocycles. The van der Waals surface area contributed by atoms with E-state index in [-0.39, 0.29) is 5.65 Å². The molecule has 4 aromatic heterocycles. The molecule has 2 aliphatic rings. The lowest BCUT2D eigenvalue weighted by atomic mass is 10.0. The fourth-order valence-electron chi connectivity index (χ4n) is 5.10. The Labute approximate surface area is 200 Å². The Hall–Kier alpha value is -3.27. The van der Waals surface area contributed by atoms with Crippen LogP contribution in [0.4, 0.5) is 19.0 Å². The number of aromatic amines is 1. The van der Waals surface area contributed by atoms with Crippen molar-refractivity contribution in [3.63, 3.8) is 0 Å². The quantitative estimate of drug-likeness (QED) is 0.443. The van der Waals surface area contributed by atoms with Crippen LogP contribution >= 0.6 is 0 Å². The van der Waals surface area contributed by atoms with Crippen molar-refractivity contribution in [1.29, 1.82) is 0 Å². The van der Waals surface area contributed by atoms with Crippen molar-refractivity contribution in [2.24, 2.45) is 0 Å². The molecule has 0 unspecified atom stereocenters. The topological polar surface area (TPSA) is 73.8 Å². The SMILES string of the molecule is CN1CCC(N(C)c2nc(-c3ccnc4[nH]c(C(F)(F)F)cc34)nc3cncc(C4CC4)c23)CC1. The predicted molar refractivity (Wildman–Crippen MR) is 128 cm³/mol. The summed E-state index contributed by atoms with van der Waals surface area (Å²) in [5, 5.41) is 1.35. The first-order chi connectivity index (χ1) is 16.8. The van der Waals surface area contributed by atoms with Crippen molar-refractivity contribution < 1.29 is 13.2 Å². The summed E-state index contributed by atoms with van der Waals surface area (Å²) < 4.78 is 40.2. The van der Waals surface area contributed by atoms with Gasteiger partial charge >= 0.3 is 6.18 Å². The first-order valence-electron chi connectivity index (χ1n) is 11.9. The van der Waals surface area contributed by atoms with Gasteiger partial charge in [0.25, 0.3) is 0 Å². The number of nitrogens with zero attached hydrogens (tertiary/aromatic N) is 6. The molecular weight excluding hydrogens is 455 g/mol. The molecule has 0 aromatic carbocycles. The Kier molecular flexibility index (Phi) is 5.17. The van der Waals surface area contributed by atoms with E-state index in [1.54, 1.807) is 12.3 Å². The van der Waals surface area contributed by atoms with Crippen molar-refractivity contribution in [1.82, 2.24) is 29.8 Å². The van der Waals surface area contributed by atoms with E-state index in [0.29, 0.717) is 34.3 Å². The number of halogens is 3. The Morgan fingerprint density at radius 2 is 1.86 bits per heavy atom. The van der Waals surface area contributed by atoms with E-state index in [4.69, 9.17) is 9.97 Å². The monoisotopic (exact) mass is 481 g/mol. The van der Waals surface area contributed by atoms with Gasteiger partial charge in [-0.25, -0.2) is 15.0 Å². The van der Waals surface area contributed by atoms with Crippen LogP contribution in [0.1, 0.15) is 42.9 Å². The first kappa shape index (κ1) is 22.2. The molecule has 0 atom stereocenters. The van der Waals surface area contributed by atoms with Gasteiger partial charge in [-0.3, -0.25) is 4.98 Å². The summed E-state index contributed by atoms with van der Waals surface area (Å²) in [5.74, 6) is 1.65. The van der Waals surface area contributed by atoms with Gasteiger partial charge < -0.3 is 14.8 Å². The fourth-order valence-corrected chi connectivity index (χ4v) is 5.10. The molecular formula is C25H26F3N7. The highest BCUT2D eigenvalue weighted by atomic mass is 19.4. The van der Waals surface area contributed by atoms with Gasteiger partial charge in [0.1, 0.15) is 17.2 Å². The number of nitrogens with one attached hydrogen (secondary N) is 1. The third-order valence-corrected chi connectivity index (χ3v) is 7.28. The minimum atomic E-state index is -4.50. The van der Waals surface area contributed by atoms with Crippen molar-refractivity contribution >= 4 is 27.8 Å². The molecule has 0 radical (unpaired) electrons. The highest BCUT2D eigenvalue weighted by molar-refractivity contribution is 5.97. The van der Waals surface area contributed by atoms with Crippen LogP contribution in [-0.4, -0.2) is 63.0 Å². The molecule has 1 saturated heterocycles. The van der Waals surface area contributed by atoms with Gasteiger partial charge in [-0.2, -0.15) is 13.2 Å². The van der Waals surface area contributed by atoms with Crippen LogP contribution in [0.15, 0.2) is 30.7 Å². The molecule has 0 bridgehead atoms. The summed E-state index contributed by atoms with van der Waals surface area (Å²) in [7, 11) is 4.20. The molecule has 0 amide bonds. The average molecular weight is 482 g/mol. The van der Waals surface area contributed by atoms with Crippen LogP contribution in [0.2, 0.25) is 0 Å². The van der Waals surface area contributed by atoms with E-state index in [9.17, 15) is 13.2 Å². The molecule has 1 N–H and O–H groups in total. The second kappa shape index (κ2) is 8.15. The van der Waals surface area contributed by atoms with Crippen LogP contribution < -0.4 is 4.90 Å². The van der Waals surface area contributed by atoms with Crippen molar-refractivity contribution in [2.75, 3.05) is 32.1 Å². The molecule has 1 saturated carbocycles. The zero-order chi connectivity index (χ0) is 24.3. The largest absolute Gasteiger partial charge is 0.431 e. The van der Waals surface area contributed by atoms with Crippen LogP contribution in [0.3, 0.4) is 0 Å². The van der Waals surface area contributed by atoms with Gasteiger partial charge in [0.05, 0.1) is 11.7 Å².